The molecule has 1 atom stereocenters. The first-order valence-corrected chi connectivity index (χ1v) is 2.97. The normalized spacial score (nSPS) is 25.4. The van der Waals surface area contributed by atoms with Crippen molar-refractivity contribution in [3.8, 4) is 0 Å². The topological polar surface area (TPSA) is 24.4 Å². The van der Waals surface area contributed by atoms with E-state index < -0.39 is 0 Å². The minimum Gasteiger partial charge on any atom is -0.369 e. The van der Waals surface area contributed by atoms with Gasteiger partial charge in [-0.05, 0) is 12.3 Å². The van der Waals surface area contributed by atoms with Crippen LogP contribution in [0.25, 0.3) is 0 Å². The van der Waals surface area contributed by atoms with Crippen LogP contribution in [0.4, 0.5) is 0 Å². The van der Waals surface area contributed by atoms with Crippen molar-refractivity contribution in [1.29, 1.82) is 0 Å². The van der Waals surface area contributed by atoms with Gasteiger partial charge in [0.2, 0.25) is 0 Å². The van der Waals surface area contributed by atoms with E-state index >= 15 is 0 Å². The first kappa shape index (κ1) is 5.63. The van der Waals surface area contributed by atoms with Crippen LogP contribution in [0.5, 0.6) is 0 Å². The van der Waals surface area contributed by atoms with Crippen LogP contribution in [-0.2, 0) is 0 Å². The lowest BCUT2D eigenvalue weighted by molar-refractivity contribution is 0.676. The molecule has 0 saturated heterocycles. The Morgan fingerprint density at radius 1 is 1.75 bits per heavy atom. The molecule has 1 aliphatic heterocycles. The van der Waals surface area contributed by atoms with Crippen molar-refractivity contribution in [2.24, 2.45) is 4.99 Å². The summed E-state index contributed by atoms with van der Waals surface area (Å²) in [5, 5.41) is 2.96. The first-order valence-electron chi connectivity index (χ1n) is 2.44. The molecule has 0 aromatic rings. The summed E-state index contributed by atoms with van der Waals surface area (Å²) in [7, 11) is 0. The average Bonchev–Trinajstić information content (AvgIpc) is 1.90. The zero-order valence-electron chi connectivity index (χ0n) is 4.34. The minimum atomic E-state index is 0.0849. The summed E-state index contributed by atoms with van der Waals surface area (Å²) in [6, 6.07) is 0. The van der Waals surface area contributed by atoms with Gasteiger partial charge < -0.3 is 5.32 Å². The molecule has 3 heteroatoms. The maximum absolute atomic E-state index is 5.47. The van der Waals surface area contributed by atoms with Crippen molar-refractivity contribution in [2.75, 3.05) is 5.88 Å². The Morgan fingerprint density at radius 2 is 2.62 bits per heavy atom. The van der Waals surface area contributed by atoms with E-state index in [1.54, 1.807) is 6.21 Å². The molecule has 1 N–H and O–H groups in total. The van der Waals surface area contributed by atoms with Crippen LogP contribution >= 0.6 is 11.6 Å². The van der Waals surface area contributed by atoms with Gasteiger partial charge in [0.15, 0.2) is 0 Å². The van der Waals surface area contributed by atoms with Gasteiger partial charge in [0.05, 0.1) is 5.88 Å². The molecule has 0 saturated carbocycles. The molecule has 0 radical (unpaired) electrons. The molecule has 1 rings (SSSR count). The number of hydrogen-bond donors (Lipinski definition) is 1. The molecule has 0 aliphatic carbocycles. The fourth-order valence-corrected chi connectivity index (χ4v) is 0.659. The second-order valence-electron chi connectivity index (χ2n) is 1.49. The Labute approximate surface area is 53.3 Å². The summed E-state index contributed by atoms with van der Waals surface area (Å²) in [6.45, 7) is 0. The van der Waals surface area contributed by atoms with Gasteiger partial charge in [0.1, 0.15) is 6.17 Å². The summed E-state index contributed by atoms with van der Waals surface area (Å²) in [4.78, 5) is 3.99. The van der Waals surface area contributed by atoms with E-state index in [1.807, 2.05) is 12.3 Å². The highest BCUT2D eigenvalue weighted by Crippen LogP contribution is 1.92. The Bertz CT molecular complexity index is 120. The molecule has 0 amide bonds. The van der Waals surface area contributed by atoms with E-state index in [0.717, 1.165) is 0 Å². The van der Waals surface area contributed by atoms with Crippen LogP contribution in [0.3, 0.4) is 0 Å². The van der Waals surface area contributed by atoms with Gasteiger partial charge in [-0.25, -0.2) is 0 Å². The molecule has 0 aromatic carbocycles. The third-order valence-corrected chi connectivity index (χ3v) is 1.18. The van der Waals surface area contributed by atoms with Crippen molar-refractivity contribution < 1.29 is 0 Å². The Hall–Kier alpha value is -0.500. The predicted molar refractivity (Wildman–Crippen MR) is 35.3 cm³/mol. The Morgan fingerprint density at radius 3 is 3.00 bits per heavy atom. The first-order chi connectivity index (χ1) is 3.93. The predicted octanol–water partition coefficient (Wildman–Crippen LogP) is 0.739. The van der Waals surface area contributed by atoms with Crippen LogP contribution < -0.4 is 5.32 Å². The molecule has 1 unspecified atom stereocenters. The molecule has 0 aromatic heterocycles. The number of nitrogens with one attached hydrogen (secondary N) is 1. The summed E-state index contributed by atoms with van der Waals surface area (Å²) in [6.07, 6.45) is 5.49. The Balaban J connectivity index is 2.40. The highest BCUT2D eigenvalue weighted by molar-refractivity contribution is 6.18. The maximum Gasteiger partial charge on any atom is 0.131 e. The highest BCUT2D eigenvalue weighted by atomic mass is 35.5. The van der Waals surface area contributed by atoms with Gasteiger partial charge in [-0.15, -0.1) is 11.6 Å². The van der Waals surface area contributed by atoms with E-state index in [9.17, 15) is 0 Å². The van der Waals surface area contributed by atoms with Crippen LogP contribution in [0.15, 0.2) is 17.3 Å². The number of rotatable bonds is 1. The summed E-state index contributed by atoms with van der Waals surface area (Å²) >= 11 is 5.47. The molecule has 1 heterocycles. The van der Waals surface area contributed by atoms with E-state index in [-0.39, 0.29) is 6.17 Å². The number of halogens is 1. The lowest BCUT2D eigenvalue weighted by Gasteiger charge is -2.09. The number of nitrogens with zero attached hydrogens (tertiary/aromatic N) is 1. The van der Waals surface area contributed by atoms with Gasteiger partial charge >= 0.3 is 0 Å². The fourth-order valence-electron chi connectivity index (χ4n) is 0.491. The number of hydrogen-bond acceptors (Lipinski definition) is 2. The second-order valence-corrected chi connectivity index (χ2v) is 1.80. The average molecular weight is 131 g/mol. The maximum atomic E-state index is 5.47. The number of alkyl halides is 1. The smallest absolute Gasteiger partial charge is 0.131 e. The molecular weight excluding hydrogens is 124 g/mol. The number of allylic oxidation sites excluding steroid dienone is 1. The van der Waals surface area contributed by atoms with E-state index in [2.05, 4.69) is 10.3 Å². The van der Waals surface area contributed by atoms with E-state index in [1.165, 1.54) is 0 Å². The molecular formula is C5H7ClN2. The van der Waals surface area contributed by atoms with Crippen LogP contribution in [0, 0.1) is 0 Å². The lowest BCUT2D eigenvalue weighted by Crippen LogP contribution is -2.25. The van der Waals surface area contributed by atoms with Crippen LogP contribution in [0.2, 0.25) is 0 Å². The largest absolute Gasteiger partial charge is 0.369 e. The fraction of sp³-hybridized carbons (Fsp3) is 0.400. The van der Waals surface area contributed by atoms with Crippen LogP contribution in [0.1, 0.15) is 0 Å². The third-order valence-electron chi connectivity index (χ3n) is 0.883. The summed E-state index contributed by atoms with van der Waals surface area (Å²) < 4.78 is 0. The van der Waals surface area contributed by atoms with Crippen molar-refractivity contribution in [2.45, 2.75) is 6.17 Å². The third kappa shape index (κ3) is 1.23. The minimum absolute atomic E-state index is 0.0849. The lowest BCUT2D eigenvalue weighted by atomic mass is 10.5. The molecule has 0 spiro atoms. The van der Waals surface area contributed by atoms with Gasteiger partial charge in [0, 0.05) is 6.21 Å². The molecule has 0 bridgehead atoms. The van der Waals surface area contributed by atoms with Gasteiger partial charge in [-0.3, -0.25) is 4.99 Å². The SMILES string of the molecule is ClCC1N=CC=CN1. The van der Waals surface area contributed by atoms with Gasteiger partial charge in [-0.1, -0.05) is 0 Å². The zero-order chi connectivity index (χ0) is 5.82. The van der Waals surface area contributed by atoms with Gasteiger partial charge in [0.25, 0.3) is 0 Å². The summed E-state index contributed by atoms with van der Waals surface area (Å²) in [5.74, 6) is 0.529. The standard InChI is InChI=1S/C5H7ClN2/c6-4-5-7-2-1-3-8-5/h1-3,5,7H,4H2. The second kappa shape index (κ2) is 2.72. The van der Waals surface area contributed by atoms with Crippen molar-refractivity contribution in [3.05, 3.63) is 12.3 Å². The molecule has 2 nitrogen and oxygen atoms in total. The molecule has 8 heavy (non-hydrogen) atoms. The highest BCUT2D eigenvalue weighted by Gasteiger charge is 1.99. The van der Waals surface area contributed by atoms with E-state index in [0.29, 0.717) is 5.88 Å². The van der Waals surface area contributed by atoms with Crippen molar-refractivity contribution in [3.63, 3.8) is 0 Å². The van der Waals surface area contributed by atoms with Crippen molar-refractivity contribution >= 4 is 17.8 Å². The summed E-state index contributed by atoms with van der Waals surface area (Å²) in [5.41, 5.74) is 0. The zero-order valence-corrected chi connectivity index (χ0v) is 5.10. The molecule has 1 aliphatic rings. The van der Waals surface area contributed by atoms with E-state index in [4.69, 9.17) is 11.6 Å². The van der Waals surface area contributed by atoms with Crippen molar-refractivity contribution in [1.82, 2.24) is 5.32 Å². The Kier molecular flexibility index (Phi) is 1.92. The quantitative estimate of drug-likeness (QED) is 0.521. The number of aliphatic imine (C=N–C) groups is 1. The molecule has 0 fully saturated rings. The monoisotopic (exact) mass is 130 g/mol. The molecule has 44 valence electrons. The van der Waals surface area contributed by atoms with Gasteiger partial charge in [-0.2, -0.15) is 0 Å². The van der Waals surface area contributed by atoms with Crippen LogP contribution in [-0.4, -0.2) is 18.3 Å².